The number of anilines is 1. The number of aliphatic hydroxyl groups is 1. The van der Waals surface area contributed by atoms with Crippen LogP contribution in [0.3, 0.4) is 0 Å². The molecule has 0 aliphatic carbocycles. The molecule has 13 nitrogen and oxygen atoms in total. The van der Waals surface area contributed by atoms with E-state index in [0.717, 1.165) is 11.8 Å². The van der Waals surface area contributed by atoms with Crippen LogP contribution < -0.4 is 40.1 Å². The minimum atomic E-state index is -4.94. The number of aromatic amines is 1. The minimum absolute atomic E-state index is 0. The topological polar surface area (TPSA) is 180 Å². The molecule has 1 aliphatic rings. The molecule has 2 atom stereocenters. The maximum Gasteiger partial charge on any atom is 1.00 e. The Labute approximate surface area is 298 Å². The van der Waals surface area contributed by atoms with Crippen molar-refractivity contribution in [2.75, 3.05) is 5.01 Å². The molecule has 4 aromatic carbocycles. The fourth-order valence-electron chi connectivity index (χ4n) is 5.24. The molecule has 1 aromatic heterocycles. The van der Waals surface area contributed by atoms with E-state index in [4.69, 9.17) is 0 Å². The predicted octanol–water partition coefficient (Wildman–Crippen LogP) is 3.44. The largest absolute Gasteiger partial charge is 1.00 e. The summed E-state index contributed by atoms with van der Waals surface area (Å²) in [6.45, 7) is 5.18. The van der Waals surface area contributed by atoms with Gasteiger partial charge in [-0.3, -0.25) is 9.89 Å². The number of aromatic nitrogens is 2. The number of H-pyrrole nitrogens is 1. The Morgan fingerprint density at radius 1 is 0.812 bits per heavy atom. The molecule has 48 heavy (non-hydrogen) atoms. The normalized spacial score (nSPS) is 16.4. The van der Waals surface area contributed by atoms with Gasteiger partial charge in [0, 0.05) is 0 Å². The van der Waals surface area contributed by atoms with Gasteiger partial charge in [0.2, 0.25) is 0 Å². The first-order valence-corrected chi connectivity index (χ1v) is 15.9. The molecule has 0 bridgehead atoms. The Kier molecular flexibility index (Phi) is 10.3. The summed E-state index contributed by atoms with van der Waals surface area (Å²) < 4.78 is 38.5. The van der Waals surface area contributed by atoms with E-state index in [1.54, 1.807) is 63.2 Å². The number of hydrogen-bond acceptors (Lipinski definition) is 11. The van der Waals surface area contributed by atoms with Crippen LogP contribution in [0.15, 0.2) is 132 Å². The Morgan fingerprint density at radius 2 is 1.42 bits per heavy atom. The number of nitrogens with one attached hydrogen (secondary N) is 1. The molecule has 238 valence electrons. The molecule has 2 N–H and O–H groups in total. The smallest absolute Gasteiger partial charge is 0.744 e. The molecule has 2 heterocycles. The molecular formula is C33H29N8NaO5S. The fraction of sp³-hybridized carbons (Fsp3) is 0.152. The van der Waals surface area contributed by atoms with Crippen molar-refractivity contribution in [2.45, 2.75) is 37.9 Å². The summed E-state index contributed by atoms with van der Waals surface area (Å²) in [6, 6.07) is 26.6. The molecule has 0 amide bonds. The molecule has 2 unspecified atom stereocenters. The monoisotopic (exact) mass is 672 g/mol. The quantitative estimate of drug-likeness (QED) is 0.145. The van der Waals surface area contributed by atoms with E-state index in [1.165, 1.54) is 21.8 Å². The van der Waals surface area contributed by atoms with Gasteiger partial charge in [-0.25, -0.2) is 18.1 Å². The van der Waals surface area contributed by atoms with Gasteiger partial charge >= 0.3 is 29.6 Å². The molecule has 0 saturated carbocycles. The van der Waals surface area contributed by atoms with E-state index in [-0.39, 0.29) is 46.5 Å². The van der Waals surface area contributed by atoms with Gasteiger partial charge in [-0.1, -0.05) is 48.5 Å². The molecule has 0 fully saturated rings. The van der Waals surface area contributed by atoms with Crippen LogP contribution >= 0.6 is 0 Å². The van der Waals surface area contributed by atoms with E-state index in [1.807, 2.05) is 36.4 Å². The molecule has 1 aliphatic heterocycles. The summed E-state index contributed by atoms with van der Waals surface area (Å²) in [6.07, 6.45) is -1.03. The zero-order valence-electron chi connectivity index (χ0n) is 26.5. The predicted molar refractivity (Wildman–Crippen MR) is 176 cm³/mol. The van der Waals surface area contributed by atoms with Crippen molar-refractivity contribution in [2.24, 2.45) is 25.6 Å². The van der Waals surface area contributed by atoms with Gasteiger partial charge in [0.05, 0.1) is 39.1 Å². The van der Waals surface area contributed by atoms with Crippen LogP contribution in [0.2, 0.25) is 0 Å². The first kappa shape index (κ1) is 34.8. The van der Waals surface area contributed by atoms with Crippen molar-refractivity contribution < 1.29 is 47.6 Å². The molecule has 0 radical (unpaired) electrons. The van der Waals surface area contributed by atoms with Crippen LogP contribution in [-0.4, -0.2) is 45.8 Å². The molecule has 0 spiro atoms. The second kappa shape index (κ2) is 14.3. The van der Waals surface area contributed by atoms with Crippen molar-refractivity contribution in [3.05, 3.63) is 119 Å². The molecule has 5 aromatic rings. The van der Waals surface area contributed by atoms with Crippen LogP contribution in [0.5, 0.6) is 0 Å². The van der Waals surface area contributed by atoms with Crippen LogP contribution in [-0.2, 0) is 10.1 Å². The Morgan fingerprint density at radius 3 is 2.04 bits per heavy atom. The fourth-order valence-corrected chi connectivity index (χ4v) is 5.95. The third-order valence-electron chi connectivity index (χ3n) is 7.60. The average Bonchev–Trinajstić information content (AvgIpc) is 3.51. The van der Waals surface area contributed by atoms with Crippen LogP contribution in [0.4, 0.5) is 22.7 Å². The standard InChI is InChI=1S/C33H30N8O5S.Na/c1-20-18-23(34-36-30-21(2)38-40(32(30)42)25-10-6-4-7-11-25)14-16-27(20)28-17-15-24(19-29(28)47(44,45)46)35-37-31-22(3)39-41(33(31)43)26-12-8-5-9-13-26;/h4-19,30,32,39,42H,1-3H3,(H,44,45,46);/q;+1/p-1. The van der Waals surface area contributed by atoms with Crippen molar-refractivity contribution in [3.63, 3.8) is 0 Å². The molecule has 0 saturated heterocycles. The van der Waals surface area contributed by atoms with E-state index in [0.29, 0.717) is 33.9 Å². The number of azo groups is 2. The first-order valence-electron chi connectivity index (χ1n) is 14.5. The average molecular weight is 673 g/mol. The minimum Gasteiger partial charge on any atom is -0.744 e. The van der Waals surface area contributed by atoms with Crippen LogP contribution in [0.25, 0.3) is 16.8 Å². The summed E-state index contributed by atoms with van der Waals surface area (Å²) in [5.41, 5.74) is 3.84. The zero-order chi connectivity index (χ0) is 33.3. The van der Waals surface area contributed by atoms with E-state index in [9.17, 15) is 22.9 Å². The summed E-state index contributed by atoms with van der Waals surface area (Å²) >= 11 is 0. The number of aliphatic hydroxyl groups excluding tert-OH is 1. The third-order valence-corrected chi connectivity index (χ3v) is 8.48. The van der Waals surface area contributed by atoms with Gasteiger partial charge in [0.25, 0.3) is 5.56 Å². The SMILES string of the molecule is CC1=NN(c2ccccc2)C(O)C1N=Nc1ccc(-c2ccc(N=Nc3c(C)[nH]n(-c4ccccc4)c3=O)cc2S(=O)(=O)[O-])c(C)c1.[Na+]. The summed E-state index contributed by atoms with van der Waals surface area (Å²) in [7, 11) is -4.94. The summed E-state index contributed by atoms with van der Waals surface area (Å²) in [5, 5.41) is 36.5. The van der Waals surface area contributed by atoms with Crippen LogP contribution in [0, 0.1) is 13.8 Å². The van der Waals surface area contributed by atoms with Gasteiger partial charge in [0.1, 0.15) is 10.1 Å². The van der Waals surface area contributed by atoms with Crippen molar-refractivity contribution >= 4 is 38.6 Å². The number of para-hydroxylation sites is 2. The van der Waals surface area contributed by atoms with Gasteiger partial charge in [-0.15, -0.1) is 5.11 Å². The van der Waals surface area contributed by atoms with Crippen molar-refractivity contribution in [1.82, 2.24) is 9.78 Å². The maximum absolute atomic E-state index is 13.0. The number of hydrogen-bond donors (Lipinski definition) is 2. The van der Waals surface area contributed by atoms with Gasteiger partial charge < -0.3 is 9.66 Å². The Balaban J connectivity index is 0.00000451. The van der Waals surface area contributed by atoms with Crippen molar-refractivity contribution in [3.8, 4) is 16.8 Å². The van der Waals surface area contributed by atoms with E-state index < -0.39 is 32.8 Å². The molecule has 6 rings (SSSR count). The number of rotatable bonds is 8. The third kappa shape index (κ3) is 7.13. The second-order valence-electron chi connectivity index (χ2n) is 10.9. The van der Waals surface area contributed by atoms with Gasteiger partial charge in [0.15, 0.2) is 18.0 Å². The van der Waals surface area contributed by atoms with Crippen molar-refractivity contribution in [1.29, 1.82) is 0 Å². The maximum atomic E-state index is 13.0. The Hall–Kier alpha value is -4.57. The second-order valence-corrected chi connectivity index (χ2v) is 12.2. The number of nitrogens with zero attached hydrogens (tertiary/aromatic N) is 7. The van der Waals surface area contributed by atoms with Gasteiger partial charge in [-0.2, -0.15) is 20.4 Å². The Bertz CT molecular complexity index is 2220. The first-order chi connectivity index (χ1) is 22.5. The number of benzene rings is 4. The van der Waals surface area contributed by atoms with E-state index >= 15 is 0 Å². The van der Waals surface area contributed by atoms with Crippen LogP contribution in [0.1, 0.15) is 18.2 Å². The number of aryl methyl sites for hydroxylation is 2. The zero-order valence-corrected chi connectivity index (χ0v) is 29.3. The molecule has 15 heteroatoms. The summed E-state index contributed by atoms with van der Waals surface area (Å²) in [5.74, 6) is 0. The number of hydrazone groups is 1. The molecular weight excluding hydrogens is 643 g/mol. The summed E-state index contributed by atoms with van der Waals surface area (Å²) in [4.78, 5) is 12.5. The van der Waals surface area contributed by atoms with Gasteiger partial charge in [-0.05, 0) is 86.0 Å². The van der Waals surface area contributed by atoms with E-state index in [2.05, 4.69) is 30.7 Å².